The third kappa shape index (κ3) is 6.70. The molecule has 0 spiro atoms. The molecule has 7 heteroatoms. The number of benzene rings is 1. The van der Waals surface area contributed by atoms with Gasteiger partial charge in [-0.3, -0.25) is 4.79 Å². The summed E-state index contributed by atoms with van der Waals surface area (Å²) >= 11 is 0. The Hall–Kier alpha value is -1.79. The van der Waals surface area contributed by atoms with E-state index in [9.17, 15) is 9.59 Å². The summed E-state index contributed by atoms with van der Waals surface area (Å²) in [7, 11) is 0. The van der Waals surface area contributed by atoms with E-state index in [1.54, 1.807) is 11.8 Å². The zero-order valence-electron chi connectivity index (χ0n) is 16.7. The minimum atomic E-state index is -0.570. The fourth-order valence-corrected chi connectivity index (χ4v) is 3.10. The van der Waals surface area contributed by atoms with Crippen LogP contribution in [0.2, 0.25) is 0 Å². The van der Waals surface area contributed by atoms with E-state index < -0.39 is 17.6 Å². The first-order valence-corrected chi connectivity index (χ1v) is 9.17. The van der Waals surface area contributed by atoms with Gasteiger partial charge in [-0.1, -0.05) is 30.3 Å². The van der Waals surface area contributed by atoms with E-state index in [0.29, 0.717) is 19.7 Å². The molecule has 6 nitrogen and oxygen atoms in total. The Labute approximate surface area is 168 Å². The molecule has 2 rings (SSSR count). The maximum atomic E-state index is 12.4. The average molecular weight is 399 g/mol. The quantitative estimate of drug-likeness (QED) is 0.768. The molecule has 0 bridgehead atoms. The molecule has 1 amide bonds. The number of amides is 1. The molecule has 1 aliphatic heterocycles. The Morgan fingerprint density at radius 3 is 2.41 bits per heavy atom. The van der Waals surface area contributed by atoms with Crippen LogP contribution < -0.4 is 5.32 Å². The van der Waals surface area contributed by atoms with Crippen molar-refractivity contribution in [2.24, 2.45) is 5.92 Å². The minimum Gasteiger partial charge on any atom is -0.466 e. The van der Waals surface area contributed by atoms with Gasteiger partial charge < -0.3 is 19.7 Å². The number of nitrogens with one attached hydrogen (secondary N) is 1. The number of hydrogen-bond donors (Lipinski definition) is 1. The summed E-state index contributed by atoms with van der Waals surface area (Å²) in [6.45, 7) is 10.4. The van der Waals surface area contributed by atoms with Crippen LogP contribution in [0.1, 0.15) is 46.2 Å². The van der Waals surface area contributed by atoms with Gasteiger partial charge in [-0.15, -0.1) is 12.4 Å². The number of rotatable bonds is 5. The predicted molar refractivity (Wildman–Crippen MR) is 107 cm³/mol. The van der Waals surface area contributed by atoms with Gasteiger partial charge >= 0.3 is 12.1 Å². The highest BCUT2D eigenvalue weighted by molar-refractivity contribution is 5.85. The van der Waals surface area contributed by atoms with Crippen LogP contribution in [0.5, 0.6) is 0 Å². The lowest BCUT2D eigenvalue weighted by Gasteiger charge is -2.25. The molecule has 1 heterocycles. The molecule has 1 fully saturated rings. The summed E-state index contributed by atoms with van der Waals surface area (Å²) in [5, 5.41) is 3.48. The van der Waals surface area contributed by atoms with E-state index >= 15 is 0 Å². The van der Waals surface area contributed by atoms with E-state index in [0.717, 1.165) is 5.56 Å². The van der Waals surface area contributed by atoms with Crippen LogP contribution in [0.4, 0.5) is 4.79 Å². The Morgan fingerprint density at radius 2 is 1.85 bits per heavy atom. The fraction of sp³-hybridized carbons (Fsp3) is 0.600. The second kappa shape index (κ2) is 9.95. The van der Waals surface area contributed by atoms with Gasteiger partial charge in [-0.2, -0.15) is 0 Å². The number of esters is 1. The number of hydrogen-bond acceptors (Lipinski definition) is 5. The van der Waals surface area contributed by atoms with Gasteiger partial charge in [0.1, 0.15) is 5.60 Å². The number of carbonyl (C=O) groups is 2. The number of carbonyl (C=O) groups excluding carboxylic acids is 2. The maximum absolute atomic E-state index is 12.4. The molecular weight excluding hydrogens is 368 g/mol. The Bertz CT molecular complexity index is 618. The summed E-state index contributed by atoms with van der Waals surface area (Å²) in [5.41, 5.74) is 0.560. The second-order valence-corrected chi connectivity index (χ2v) is 7.65. The first kappa shape index (κ1) is 23.2. The van der Waals surface area contributed by atoms with Crippen LogP contribution >= 0.6 is 12.4 Å². The van der Waals surface area contributed by atoms with Gasteiger partial charge in [0, 0.05) is 25.2 Å². The summed E-state index contributed by atoms with van der Waals surface area (Å²) in [5.74, 6) is -0.690. The SMILES string of the molecule is CCOC(=O)[C@H]1CN(C(=O)OC(C)(C)C)C[C@@H]1N[C@@H](C)c1ccccc1.Cl. The van der Waals surface area contributed by atoms with Gasteiger partial charge in [0.2, 0.25) is 0 Å². The highest BCUT2D eigenvalue weighted by Gasteiger charge is 2.42. The van der Waals surface area contributed by atoms with Crippen molar-refractivity contribution in [1.82, 2.24) is 10.2 Å². The van der Waals surface area contributed by atoms with Gasteiger partial charge in [0.15, 0.2) is 0 Å². The molecule has 1 aliphatic rings. The fourth-order valence-electron chi connectivity index (χ4n) is 3.10. The highest BCUT2D eigenvalue weighted by atomic mass is 35.5. The largest absolute Gasteiger partial charge is 0.466 e. The first-order valence-electron chi connectivity index (χ1n) is 9.17. The smallest absolute Gasteiger partial charge is 0.410 e. The zero-order valence-corrected chi connectivity index (χ0v) is 17.5. The second-order valence-electron chi connectivity index (χ2n) is 7.65. The number of likely N-dealkylation sites (tertiary alicyclic amines) is 1. The van der Waals surface area contributed by atoms with Crippen molar-refractivity contribution in [3.05, 3.63) is 35.9 Å². The molecule has 0 radical (unpaired) electrons. The molecule has 0 aliphatic carbocycles. The normalized spacial score (nSPS) is 20.6. The summed E-state index contributed by atoms with van der Waals surface area (Å²) in [6.07, 6.45) is -0.400. The van der Waals surface area contributed by atoms with Crippen molar-refractivity contribution in [3.8, 4) is 0 Å². The van der Waals surface area contributed by atoms with E-state index in [-0.39, 0.29) is 30.5 Å². The van der Waals surface area contributed by atoms with Crippen LogP contribution in [-0.2, 0) is 14.3 Å². The number of halogens is 1. The molecule has 152 valence electrons. The highest BCUT2D eigenvalue weighted by Crippen LogP contribution is 2.24. The molecule has 0 unspecified atom stereocenters. The predicted octanol–water partition coefficient (Wildman–Crippen LogP) is 3.56. The first-order chi connectivity index (χ1) is 12.2. The van der Waals surface area contributed by atoms with Crippen molar-refractivity contribution in [2.75, 3.05) is 19.7 Å². The Morgan fingerprint density at radius 1 is 1.22 bits per heavy atom. The average Bonchev–Trinajstić information content (AvgIpc) is 2.98. The van der Waals surface area contributed by atoms with Gasteiger partial charge in [0.05, 0.1) is 12.5 Å². The van der Waals surface area contributed by atoms with E-state index in [1.165, 1.54) is 0 Å². The monoisotopic (exact) mass is 398 g/mol. The van der Waals surface area contributed by atoms with Crippen molar-refractivity contribution < 1.29 is 19.1 Å². The van der Waals surface area contributed by atoms with Crippen molar-refractivity contribution in [1.29, 1.82) is 0 Å². The lowest BCUT2D eigenvalue weighted by Crippen LogP contribution is -2.41. The molecular formula is C20H31ClN2O4. The number of ether oxygens (including phenoxy) is 2. The van der Waals surface area contributed by atoms with E-state index in [4.69, 9.17) is 9.47 Å². The van der Waals surface area contributed by atoms with Gasteiger partial charge in [-0.05, 0) is 40.2 Å². The molecule has 27 heavy (non-hydrogen) atoms. The summed E-state index contributed by atoms with van der Waals surface area (Å²) < 4.78 is 10.7. The molecule has 0 saturated carbocycles. The van der Waals surface area contributed by atoms with Crippen LogP contribution in [0, 0.1) is 5.92 Å². The molecule has 0 aromatic heterocycles. The molecule has 1 aromatic carbocycles. The van der Waals surface area contributed by atoms with E-state index in [1.807, 2.05) is 58.0 Å². The van der Waals surface area contributed by atoms with Crippen molar-refractivity contribution in [3.63, 3.8) is 0 Å². The summed E-state index contributed by atoms with van der Waals surface area (Å²) in [6, 6.07) is 9.89. The standard InChI is InChI=1S/C20H30N2O4.ClH/c1-6-25-18(23)16-12-22(19(24)26-20(3,4)5)13-17(16)21-14(2)15-10-8-7-9-11-15;/h7-11,14,16-17,21H,6,12-13H2,1-5H3;1H/t14-,16-,17-;/m0./s1. The van der Waals surface area contributed by atoms with Crippen LogP contribution in [0.3, 0.4) is 0 Å². The number of nitrogens with zero attached hydrogens (tertiary/aromatic N) is 1. The van der Waals surface area contributed by atoms with Gasteiger partial charge in [-0.25, -0.2) is 4.79 Å². The van der Waals surface area contributed by atoms with Crippen molar-refractivity contribution >= 4 is 24.5 Å². The van der Waals surface area contributed by atoms with Crippen LogP contribution in [-0.4, -0.2) is 48.3 Å². The van der Waals surface area contributed by atoms with E-state index in [2.05, 4.69) is 5.32 Å². The summed E-state index contributed by atoms with van der Waals surface area (Å²) in [4.78, 5) is 26.4. The van der Waals surface area contributed by atoms with Crippen LogP contribution in [0.15, 0.2) is 30.3 Å². The lowest BCUT2D eigenvalue weighted by molar-refractivity contribution is -0.148. The Kier molecular flexibility index (Phi) is 8.57. The maximum Gasteiger partial charge on any atom is 0.410 e. The van der Waals surface area contributed by atoms with Crippen molar-refractivity contribution in [2.45, 2.75) is 52.3 Å². The van der Waals surface area contributed by atoms with Crippen LogP contribution in [0.25, 0.3) is 0 Å². The third-order valence-electron chi connectivity index (χ3n) is 4.32. The molecule has 3 atom stereocenters. The molecule has 1 saturated heterocycles. The zero-order chi connectivity index (χ0) is 19.3. The third-order valence-corrected chi connectivity index (χ3v) is 4.32. The lowest BCUT2D eigenvalue weighted by atomic mass is 10.0. The molecule has 1 N–H and O–H groups in total. The molecule has 1 aromatic rings. The van der Waals surface area contributed by atoms with Gasteiger partial charge in [0.25, 0.3) is 0 Å². The minimum absolute atomic E-state index is 0. The Balaban J connectivity index is 0.00000364. The topological polar surface area (TPSA) is 67.9 Å².